The number of hydrogen-bond donors (Lipinski definition) is 1. The second-order valence-corrected chi connectivity index (χ2v) is 13.8. The summed E-state index contributed by atoms with van der Waals surface area (Å²) in [7, 11) is 2.71. The zero-order valence-corrected chi connectivity index (χ0v) is 19.9. The second-order valence-electron chi connectivity index (χ2n) is 8.10. The van der Waals surface area contributed by atoms with Gasteiger partial charge in [-0.3, -0.25) is 4.79 Å². The molecule has 0 bridgehead atoms. The predicted octanol–water partition coefficient (Wildman–Crippen LogP) is 5.43. The quantitative estimate of drug-likeness (QED) is 0.338. The Hall–Kier alpha value is -0.543. The fraction of sp³-hybridized carbons (Fsp3) is 0.579. The SMILES string of the molecule is C[Si](C)OCCC([C@@H]1C(=O)N[C@@H]1SSc1nc2ccccc2s1)C(C)(C)C. The van der Waals surface area contributed by atoms with Crippen LogP contribution in [-0.4, -0.2) is 31.9 Å². The zero-order chi connectivity index (χ0) is 19.6. The normalized spacial score (nSPS) is 21.3. The van der Waals surface area contributed by atoms with Crippen LogP contribution in [0, 0.1) is 17.3 Å². The number of hydrogen-bond acceptors (Lipinski definition) is 6. The molecule has 4 nitrogen and oxygen atoms in total. The summed E-state index contributed by atoms with van der Waals surface area (Å²) in [6, 6.07) is 8.20. The minimum Gasteiger partial charge on any atom is -0.417 e. The lowest BCUT2D eigenvalue weighted by Crippen LogP contribution is -2.60. The molecule has 1 radical (unpaired) electrons. The first-order valence-electron chi connectivity index (χ1n) is 9.18. The maximum Gasteiger partial charge on any atom is 0.227 e. The van der Waals surface area contributed by atoms with Gasteiger partial charge >= 0.3 is 0 Å². The number of nitrogens with one attached hydrogen (secondary N) is 1. The number of carbonyl (C=O) groups excluding carboxylic acids is 1. The van der Waals surface area contributed by atoms with Gasteiger partial charge in [0, 0.05) is 6.61 Å². The fourth-order valence-corrected chi connectivity index (χ4v) is 7.75. The average molecular weight is 440 g/mol. The molecule has 2 heterocycles. The highest BCUT2D eigenvalue weighted by Crippen LogP contribution is 2.48. The van der Waals surface area contributed by atoms with E-state index in [0.29, 0.717) is 5.92 Å². The van der Waals surface area contributed by atoms with Crippen molar-refractivity contribution < 1.29 is 9.22 Å². The summed E-state index contributed by atoms with van der Waals surface area (Å²) in [5.41, 5.74) is 1.11. The fourth-order valence-electron chi connectivity index (χ4n) is 3.37. The molecule has 1 saturated heterocycles. The van der Waals surface area contributed by atoms with Gasteiger partial charge in [0.1, 0.15) is 0 Å². The van der Waals surface area contributed by atoms with Gasteiger partial charge in [0.15, 0.2) is 4.34 Å². The van der Waals surface area contributed by atoms with Crippen LogP contribution in [0.4, 0.5) is 0 Å². The molecule has 1 amide bonds. The van der Waals surface area contributed by atoms with Crippen molar-refractivity contribution in [1.29, 1.82) is 0 Å². The number of thiazole rings is 1. The molecule has 0 spiro atoms. The van der Waals surface area contributed by atoms with Gasteiger partial charge in [0.05, 0.1) is 21.5 Å². The van der Waals surface area contributed by atoms with Crippen LogP contribution in [0.1, 0.15) is 27.2 Å². The first-order valence-corrected chi connectivity index (χ1v) is 14.6. The molecule has 1 aromatic carbocycles. The molecule has 3 rings (SSSR count). The highest BCUT2D eigenvalue weighted by molar-refractivity contribution is 8.77. The Morgan fingerprint density at radius 3 is 2.70 bits per heavy atom. The standard InChI is InChI=1S/C19H27N2O2S3Si/c1-19(2,3)12(10-11-23-27(4)5)15-16(22)21-17(15)25-26-18-20-13-8-6-7-9-14(13)24-18/h6-9,12,15,17H,10-11H2,1-5H3,(H,21,22)/t12?,15-,17-/m1/s1. The molecule has 0 aliphatic carbocycles. The Kier molecular flexibility index (Phi) is 6.95. The molecule has 8 heteroatoms. The number of β-lactam (4-membered cyclic amide) rings is 1. The molecule has 1 N–H and O–H groups in total. The molecule has 27 heavy (non-hydrogen) atoms. The molecule has 3 atom stereocenters. The topological polar surface area (TPSA) is 51.2 Å². The Morgan fingerprint density at radius 2 is 2.07 bits per heavy atom. The van der Waals surface area contributed by atoms with Crippen molar-refractivity contribution in [2.45, 2.75) is 50.0 Å². The van der Waals surface area contributed by atoms with E-state index in [2.05, 4.69) is 50.2 Å². The van der Waals surface area contributed by atoms with Crippen LogP contribution in [0.15, 0.2) is 28.6 Å². The molecular weight excluding hydrogens is 413 g/mol. The number of aromatic nitrogens is 1. The van der Waals surface area contributed by atoms with E-state index in [0.717, 1.165) is 22.9 Å². The van der Waals surface area contributed by atoms with E-state index < -0.39 is 9.04 Å². The molecule has 1 aliphatic rings. The Labute approximate surface area is 175 Å². The zero-order valence-electron chi connectivity index (χ0n) is 16.4. The van der Waals surface area contributed by atoms with Gasteiger partial charge in [-0.05, 0) is 53.8 Å². The van der Waals surface area contributed by atoms with Gasteiger partial charge in [-0.25, -0.2) is 4.98 Å². The van der Waals surface area contributed by atoms with Gasteiger partial charge in [-0.2, -0.15) is 0 Å². The first-order chi connectivity index (χ1) is 12.8. The minimum absolute atomic E-state index is 0.0323. The van der Waals surface area contributed by atoms with Gasteiger partial charge < -0.3 is 9.74 Å². The first kappa shape index (κ1) is 21.2. The van der Waals surface area contributed by atoms with Crippen LogP contribution < -0.4 is 5.32 Å². The van der Waals surface area contributed by atoms with Crippen molar-refractivity contribution in [2.75, 3.05) is 6.61 Å². The van der Waals surface area contributed by atoms with Crippen molar-refractivity contribution in [3.8, 4) is 0 Å². The van der Waals surface area contributed by atoms with E-state index in [9.17, 15) is 4.79 Å². The van der Waals surface area contributed by atoms with Gasteiger partial charge in [-0.1, -0.05) is 43.7 Å². The third kappa shape index (κ3) is 5.29. The van der Waals surface area contributed by atoms with Crippen LogP contribution >= 0.6 is 32.9 Å². The Bertz CT molecular complexity index is 758. The number of amides is 1. The highest BCUT2D eigenvalue weighted by atomic mass is 33.1. The third-order valence-corrected chi connectivity index (χ3v) is 9.54. The number of rotatable bonds is 8. The smallest absolute Gasteiger partial charge is 0.227 e. The van der Waals surface area contributed by atoms with Crippen LogP contribution in [0.5, 0.6) is 0 Å². The molecular formula is C19H27N2O2S3Si. The van der Waals surface area contributed by atoms with Crippen molar-refractivity contribution in [2.24, 2.45) is 17.3 Å². The maximum atomic E-state index is 12.4. The number of fused-ring (bicyclic) bond motifs is 1. The number of nitrogens with zero attached hydrogens (tertiary/aromatic N) is 1. The van der Waals surface area contributed by atoms with Crippen molar-refractivity contribution in [3.05, 3.63) is 24.3 Å². The third-order valence-electron chi connectivity index (χ3n) is 4.78. The van der Waals surface area contributed by atoms with E-state index >= 15 is 0 Å². The summed E-state index contributed by atoms with van der Waals surface area (Å²) >= 11 is 1.71. The summed E-state index contributed by atoms with van der Waals surface area (Å²) in [6.45, 7) is 11.7. The molecule has 147 valence electrons. The van der Waals surface area contributed by atoms with Gasteiger partial charge in [0.2, 0.25) is 14.9 Å². The molecule has 2 aromatic rings. The van der Waals surface area contributed by atoms with Gasteiger partial charge in [-0.15, -0.1) is 11.3 Å². The van der Waals surface area contributed by atoms with E-state index in [1.165, 1.54) is 4.70 Å². The lowest BCUT2D eigenvalue weighted by Gasteiger charge is -2.45. The molecule has 1 unspecified atom stereocenters. The van der Waals surface area contributed by atoms with Crippen LogP contribution in [-0.2, 0) is 9.22 Å². The summed E-state index contributed by atoms with van der Waals surface area (Å²) in [5, 5.41) is 3.23. The van der Waals surface area contributed by atoms with Crippen molar-refractivity contribution >= 4 is 58.1 Å². The molecule has 1 aliphatic heterocycles. The number of benzene rings is 1. The predicted molar refractivity (Wildman–Crippen MR) is 119 cm³/mol. The lowest BCUT2D eigenvalue weighted by atomic mass is 9.69. The van der Waals surface area contributed by atoms with Crippen molar-refractivity contribution in [3.63, 3.8) is 0 Å². The summed E-state index contributed by atoms with van der Waals surface area (Å²) in [4.78, 5) is 17.1. The Morgan fingerprint density at radius 1 is 1.33 bits per heavy atom. The lowest BCUT2D eigenvalue weighted by molar-refractivity contribution is -0.137. The largest absolute Gasteiger partial charge is 0.417 e. The minimum atomic E-state index is -0.691. The van der Waals surface area contributed by atoms with Crippen LogP contribution in [0.2, 0.25) is 13.1 Å². The molecule has 1 fully saturated rings. The number of para-hydroxylation sites is 1. The maximum absolute atomic E-state index is 12.4. The summed E-state index contributed by atoms with van der Waals surface area (Å²) < 4.78 is 8.12. The van der Waals surface area contributed by atoms with Gasteiger partial charge in [0.25, 0.3) is 0 Å². The summed E-state index contributed by atoms with van der Waals surface area (Å²) in [6.07, 6.45) is 0.931. The summed E-state index contributed by atoms with van der Waals surface area (Å²) in [5.74, 6) is 0.516. The average Bonchev–Trinajstić information content (AvgIpc) is 2.99. The Balaban J connectivity index is 1.63. The molecule has 1 aromatic heterocycles. The van der Waals surface area contributed by atoms with E-state index in [1.54, 1.807) is 32.9 Å². The number of carbonyl (C=O) groups is 1. The van der Waals surface area contributed by atoms with Crippen LogP contribution in [0.25, 0.3) is 10.2 Å². The highest BCUT2D eigenvalue weighted by Gasteiger charge is 2.48. The van der Waals surface area contributed by atoms with E-state index in [1.807, 2.05) is 18.2 Å². The molecule has 0 saturated carbocycles. The van der Waals surface area contributed by atoms with E-state index in [4.69, 9.17) is 4.43 Å². The van der Waals surface area contributed by atoms with E-state index in [-0.39, 0.29) is 22.6 Å². The van der Waals surface area contributed by atoms with Crippen LogP contribution in [0.3, 0.4) is 0 Å². The second kappa shape index (κ2) is 8.86. The van der Waals surface area contributed by atoms with Crippen molar-refractivity contribution in [1.82, 2.24) is 10.3 Å². The monoisotopic (exact) mass is 439 g/mol.